The van der Waals surface area contributed by atoms with Gasteiger partial charge in [-0.3, -0.25) is 13.9 Å². The molecule has 1 unspecified atom stereocenters. The lowest BCUT2D eigenvalue weighted by Crippen LogP contribution is -2.50. The van der Waals surface area contributed by atoms with E-state index in [0.717, 1.165) is 9.87 Å². The van der Waals surface area contributed by atoms with Gasteiger partial charge in [0.05, 0.1) is 17.7 Å². The first-order valence-corrected chi connectivity index (χ1v) is 13.0. The van der Waals surface area contributed by atoms with Gasteiger partial charge in [0.2, 0.25) is 11.8 Å². The van der Waals surface area contributed by atoms with Crippen molar-refractivity contribution in [2.45, 2.75) is 24.4 Å². The van der Waals surface area contributed by atoms with Gasteiger partial charge in [-0.05, 0) is 61.0 Å². The molecule has 0 saturated heterocycles. The molecular formula is C26H28ClN3O5S. The van der Waals surface area contributed by atoms with Crippen LogP contribution in [0, 0.1) is 0 Å². The van der Waals surface area contributed by atoms with E-state index in [1.165, 1.54) is 31.2 Å². The van der Waals surface area contributed by atoms with Crippen molar-refractivity contribution >= 4 is 39.1 Å². The van der Waals surface area contributed by atoms with E-state index in [1.807, 2.05) is 0 Å². The Kier molecular flexibility index (Phi) is 8.95. The van der Waals surface area contributed by atoms with E-state index in [4.69, 9.17) is 16.3 Å². The van der Waals surface area contributed by atoms with Crippen molar-refractivity contribution < 1.29 is 22.7 Å². The van der Waals surface area contributed by atoms with Gasteiger partial charge in [-0.25, -0.2) is 8.42 Å². The van der Waals surface area contributed by atoms with Crippen LogP contribution < -0.4 is 14.4 Å². The van der Waals surface area contributed by atoms with Gasteiger partial charge >= 0.3 is 0 Å². The molecule has 0 heterocycles. The van der Waals surface area contributed by atoms with E-state index in [9.17, 15) is 18.0 Å². The number of amides is 2. The van der Waals surface area contributed by atoms with Crippen molar-refractivity contribution in [3.63, 3.8) is 0 Å². The minimum atomic E-state index is -4.11. The van der Waals surface area contributed by atoms with Crippen molar-refractivity contribution in [2.24, 2.45) is 0 Å². The fourth-order valence-electron chi connectivity index (χ4n) is 3.57. The molecule has 36 heavy (non-hydrogen) atoms. The molecule has 1 N–H and O–H groups in total. The van der Waals surface area contributed by atoms with E-state index in [1.54, 1.807) is 73.7 Å². The Morgan fingerprint density at radius 3 is 2.14 bits per heavy atom. The van der Waals surface area contributed by atoms with Crippen LogP contribution in [0.2, 0.25) is 5.02 Å². The standard InChI is InChI=1S/C26H28ClN3O5S/c1-19(26(32)28-2)29(17-20-9-11-21(27)12-10-20)25(31)18-30(22-13-15-23(35-3)16-14-22)36(33,34)24-7-5-4-6-8-24/h4-16,19H,17-18H2,1-3H3,(H,28,32). The van der Waals surface area contributed by atoms with Crippen LogP contribution in [0.4, 0.5) is 5.69 Å². The fourth-order valence-corrected chi connectivity index (χ4v) is 5.14. The number of anilines is 1. The molecule has 190 valence electrons. The number of likely N-dealkylation sites (N-methyl/N-ethyl adjacent to an activating group) is 1. The predicted octanol–water partition coefficient (Wildman–Crippen LogP) is 3.71. The average molecular weight is 530 g/mol. The lowest BCUT2D eigenvalue weighted by atomic mass is 10.1. The van der Waals surface area contributed by atoms with Crippen molar-refractivity contribution in [1.29, 1.82) is 0 Å². The summed E-state index contributed by atoms with van der Waals surface area (Å²) in [4.78, 5) is 27.5. The van der Waals surface area contributed by atoms with Gasteiger partial charge in [0.15, 0.2) is 0 Å². The SMILES string of the molecule is CNC(=O)C(C)N(Cc1ccc(Cl)cc1)C(=O)CN(c1ccc(OC)cc1)S(=O)(=O)c1ccccc1. The van der Waals surface area contributed by atoms with E-state index < -0.39 is 28.5 Å². The molecule has 0 fully saturated rings. The number of nitrogens with one attached hydrogen (secondary N) is 1. The van der Waals surface area contributed by atoms with E-state index >= 15 is 0 Å². The second-order valence-corrected chi connectivity index (χ2v) is 10.3. The Balaban J connectivity index is 2.01. The summed E-state index contributed by atoms with van der Waals surface area (Å²) in [5, 5.41) is 3.09. The number of carbonyl (C=O) groups is 2. The van der Waals surface area contributed by atoms with Gasteiger partial charge in [-0.2, -0.15) is 0 Å². The first-order valence-electron chi connectivity index (χ1n) is 11.1. The number of hydrogen-bond donors (Lipinski definition) is 1. The highest BCUT2D eigenvalue weighted by Gasteiger charge is 2.32. The van der Waals surface area contributed by atoms with Gasteiger partial charge in [0, 0.05) is 18.6 Å². The molecule has 10 heteroatoms. The summed E-state index contributed by atoms with van der Waals surface area (Å²) in [6.45, 7) is 1.17. The third-order valence-electron chi connectivity index (χ3n) is 5.65. The zero-order chi connectivity index (χ0) is 26.3. The molecule has 0 aliphatic heterocycles. The summed E-state index contributed by atoms with van der Waals surface area (Å²) in [6, 6.07) is 20.3. The van der Waals surface area contributed by atoms with Crippen LogP contribution >= 0.6 is 11.6 Å². The molecule has 0 spiro atoms. The Hall–Kier alpha value is -3.56. The lowest BCUT2D eigenvalue weighted by molar-refractivity contribution is -0.139. The summed E-state index contributed by atoms with van der Waals surface area (Å²) in [6.07, 6.45) is 0. The Bertz CT molecular complexity index is 1280. The number of methoxy groups -OCH3 is 1. The topological polar surface area (TPSA) is 96.0 Å². The largest absolute Gasteiger partial charge is 0.497 e. The first kappa shape index (κ1) is 27.0. The second-order valence-electron chi connectivity index (χ2n) is 7.96. The molecule has 0 aromatic heterocycles. The van der Waals surface area contributed by atoms with Crippen molar-refractivity contribution in [3.05, 3.63) is 89.4 Å². The van der Waals surface area contributed by atoms with E-state index in [0.29, 0.717) is 10.8 Å². The third kappa shape index (κ3) is 6.35. The number of carbonyl (C=O) groups excluding carboxylic acids is 2. The van der Waals surface area contributed by atoms with Gasteiger partial charge in [0.1, 0.15) is 18.3 Å². The van der Waals surface area contributed by atoms with Crippen molar-refractivity contribution in [1.82, 2.24) is 10.2 Å². The minimum absolute atomic E-state index is 0.0391. The zero-order valence-electron chi connectivity index (χ0n) is 20.2. The van der Waals surface area contributed by atoms with Crippen LogP contribution in [0.3, 0.4) is 0 Å². The lowest BCUT2D eigenvalue weighted by Gasteiger charge is -2.31. The highest BCUT2D eigenvalue weighted by molar-refractivity contribution is 7.92. The molecule has 0 aliphatic carbocycles. The summed E-state index contributed by atoms with van der Waals surface area (Å²) in [7, 11) is -1.12. The third-order valence-corrected chi connectivity index (χ3v) is 7.69. The summed E-state index contributed by atoms with van der Waals surface area (Å²) < 4.78 is 33.5. The van der Waals surface area contributed by atoms with E-state index in [2.05, 4.69) is 5.32 Å². The molecule has 3 aromatic carbocycles. The second kappa shape index (κ2) is 11.9. The normalized spacial score (nSPS) is 11.9. The van der Waals surface area contributed by atoms with Crippen molar-refractivity contribution in [2.75, 3.05) is 25.0 Å². The molecule has 2 amide bonds. The number of nitrogens with zero attached hydrogens (tertiary/aromatic N) is 2. The van der Waals surface area contributed by atoms with Gasteiger partial charge < -0.3 is 15.0 Å². The summed E-state index contributed by atoms with van der Waals surface area (Å²) in [5.74, 6) is -0.379. The van der Waals surface area contributed by atoms with Crippen LogP contribution in [-0.4, -0.2) is 51.9 Å². The number of hydrogen-bond acceptors (Lipinski definition) is 5. The smallest absolute Gasteiger partial charge is 0.264 e. The molecule has 3 aromatic rings. The van der Waals surface area contributed by atoms with Crippen LogP contribution in [0.15, 0.2) is 83.8 Å². The quantitative estimate of drug-likeness (QED) is 0.432. The first-order chi connectivity index (χ1) is 17.2. The number of benzene rings is 3. The van der Waals surface area contributed by atoms with Gasteiger partial charge in [0.25, 0.3) is 10.0 Å². The molecule has 0 radical (unpaired) electrons. The zero-order valence-corrected chi connectivity index (χ0v) is 21.8. The summed E-state index contributed by atoms with van der Waals surface area (Å²) in [5.41, 5.74) is 1.03. The minimum Gasteiger partial charge on any atom is -0.497 e. The van der Waals surface area contributed by atoms with Crippen LogP contribution in [0.25, 0.3) is 0 Å². The number of rotatable bonds is 10. The number of sulfonamides is 1. The number of halogens is 1. The molecule has 0 saturated carbocycles. The Morgan fingerprint density at radius 2 is 1.58 bits per heavy atom. The Morgan fingerprint density at radius 1 is 0.972 bits per heavy atom. The Labute approximate surface area is 216 Å². The molecule has 8 nitrogen and oxygen atoms in total. The molecule has 0 bridgehead atoms. The maximum absolute atomic E-state index is 13.7. The van der Waals surface area contributed by atoms with Crippen molar-refractivity contribution in [3.8, 4) is 5.75 Å². The fraction of sp³-hybridized carbons (Fsp3) is 0.231. The molecule has 3 rings (SSSR count). The van der Waals surface area contributed by atoms with Crippen LogP contribution in [0.5, 0.6) is 5.75 Å². The van der Waals surface area contributed by atoms with Gasteiger partial charge in [-0.15, -0.1) is 0 Å². The molecular weight excluding hydrogens is 502 g/mol. The van der Waals surface area contributed by atoms with Crippen LogP contribution in [-0.2, 0) is 26.2 Å². The number of ether oxygens (including phenoxy) is 1. The highest BCUT2D eigenvalue weighted by atomic mass is 35.5. The highest BCUT2D eigenvalue weighted by Crippen LogP contribution is 2.26. The van der Waals surface area contributed by atoms with Crippen LogP contribution in [0.1, 0.15) is 12.5 Å². The summed E-state index contributed by atoms with van der Waals surface area (Å²) >= 11 is 5.99. The maximum atomic E-state index is 13.7. The molecule has 0 aliphatic rings. The van der Waals surface area contributed by atoms with Gasteiger partial charge in [-0.1, -0.05) is 41.9 Å². The van der Waals surface area contributed by atoms with E-state index in [-0.39, 0.29) is 23.0 Å². The predicted molar refractivity (Wildman–Crippen MR) is 139 cm³/mol. The monoisotopic (exact) mass is 529 g/mol. The molecule has 1 atom stereocenters. The maximum Gasteiger partial charge on any atom is 0.264 e. The average Bonchev–Trinajstić information content (AvgIpc) is 2.90.